The van der Waals surface area contributed by atoms with Gasteiger partial charge in [-0.05, 0) is 52.9 Å². The highest BCUT2D eigenvalue weighted by molar-refractivity contribution is 9.10. The molecule has 7 heteroatoms. The summed E-state index contributed by atoms with van der Waals surface area (Å²) in [4.78, 5) is 22.6. The highest BCUT2D eigenvalue weighted by Gasteiger charge is 2.37. The predicted molar refractivity (Wildman–Crippen MR) is 71.9 cm³/mol. The second-order valence-electron chi connectivity index (χ2n) is 4.58. The number of carboxylic acids is 1. The van der Waals surface area contributed by atoms with Gasteiger partial charge in [-0.15, -0.1) is 0 Å². The van der Waals surface area contributed by atoms with Crippen molar-refractivity contribution in [3.05, 3.63) is 28.5 Å². The molecule has 1 saturated carbocycles. The van der Waals surface area contributed by atoms with E-state index in [1.54, 1.807) is 0 Å². The Labute approximate surface area is 123 Å². The van der Waals surface area contributed by atoms with Crippen LogP contribution in [0.5, 0.6) is 5.75 Å². The van der Waals surface area contributed by atoms with Crippen molar-refractivity contribution in [2.75, 3.05) is 6.61 Å². The van der Waals surface area contributed by atoms with Crippen LogP contribution in [0, 0.1) is 11.7 Å². The minimum absolute atomic E-state index is 0.00834. The number of nitrogens with one attached hydrogen (secondary N) is 1. The standard InChI is InChI=1S/C13H13BrFNO4/c14-9-5-8(15)3-4-10(9)20-6-11(17)16-12(13(18)19)7-1-2-7/h3-5,7,12H,1-2,6H2,(H,16,17)(H,18,19). The Hall–Kier alpha value is -1.63. The van der Waals surface area contributed by atoms with Gasteiger partial charge in [-0.2, -0.15) is 0 Å². The molecule has 2 N–H and O–H groups in total. The maximum Gasteiger partial charge on any atom is 0.326 e. The number of carbonyl (C=O) groups excluding carboxylic acids is 1. The molecule has 0 bridgehead atoms. The third kappa shape index (κ3) is 3.93. The minimum atomic E-state index is -1.04. The van der Waals surface area contributed by atoms with Crippen LogP contribution in [0.25, 0.3) is 0 Å². The number of carboxylic acid groups (broad SMARTS) is 1. The Bertz CT molecular complexity index is 533. The molecule has 1 aliphatic rings. The van der Waals surface area contributed by atoms with Gasteiger partial charge in [-0.3, -0.25) is 4.79 Å². The van der Waals surface area contributed by atoms with Crippen LogP contribution in [0.15, 0.2) is 22.7 Å². The van der Waals surface area contributed by atoms with Crippen LogP contribution in [0.1, 0.15) is 12.8 Å². The molecule has 108 valence electrons. The van der Waals surface area contributed by atoms with Gasteiger partial charge in [0.25, 0.3) is 5.91 Å². The minimum Gasteiger partial charge on any atom is -0.483 e. The normalized spacial score (nSPS) is 15.5. The van der Waals surface area contributed by atoms with Gasteiger partial charge >= 0.3 is 5.97 Å². The topological polar surface area (TPSA) is 75.6 Å². The smallest absolute Gasteiger partial charge is 0.326 e. The lowest BCUT2D eigenvalue weighted by atomic mass is 10.2. The van der Waals surface area contributed by atoms with Crippen LogP contribution < -0.4 is 10.1 Å². The monoisotopic (exact) mass is 345 g/mol. The quantitative estimate of drug-likeness (QED) is 0.826. The predicted octanol–water partition coefficient (Wildman–Crippen LogP) is 1.95. The maximum atomic E-state index is 12.9. The largest absolute Gasteiger partial charge is 0.483 e. The molecule has 5 nitrogen and oxygen atoms in total. The second-order valence-corrected chi connectivity index (χ2v) is 5.44. The zero-order valence-corrected chi connectivity index (χ0v) is 12.0. The summed E-state index contributed by atoms with van der Waals surface area (Å²) in [5, 5.41) is 11.4. The van der Waals surface area contributed by atoms with E-state index in [9.17, 15) is 14.0 Å². The van der Waals surface area contributed by atoms with Crippen molar-refractivity contribution >= 4 is 27.8 Å². The van der Waals surface area contributed by atoms with Gasteiger partial charge in [0.2, 0.25) is 0 Å². The number of halogens is 2. The van der Waals surface area contributed by atoms with E-state index in [-0.39, 0.29) is 12.5 Å². The molecule has 0 aliphatic heterocycles. The summed E-state index contributed by atoms with van der Waals surface area (Å²) in [6, 6.07) is 2.96. The molecule has 0 radical (unpaired) electrons. The number of rotatable bonds is 6. The molecule has 1 aromatic rings. The van der Waals surface area contributed by atoms with Crippen LogP contribution in [-0.4, -0.2) is 29.6 Å². The Kier molecular flexibility index (Phi) is 4.59. The first-order chi connectivity index (χ1) is 9.47. The lowest BCUT2D eigenvalue weighted by Gasteiger charge is -2.14. The molecule has 0 heterocycles. The van der Waals surface area contributed by atoms with E-state index in [2.05, 4.69) is 21.2 Å². The third-order valence-corrected chi connectivity index (χ3v) is 3.55. The number of amides is 1. The number of aliphatic carboxylic acids is 1. The number of carbonyl (C=O) groups is 2. The lowest BCUT2D eigenvalue weighted by Crippen LogP contribution is -2.44. The van der Waals surface area contributed by atoms with Gasteiger partial charge in [0.1, 0.15) is 17.6 Å². The fourth-order valence-electron chi connectivity index (χ4n) is 1.76. The van der Waals surface area contributed by atoms with Crippen LogP contribution >= 0.6 is 15.9 Å². The summed E-state index contributed by atoms with van der Waals surface area (Å²) in [6.07, 6.45) is 1.61. The van der Waals surface area contributed by atoms with Crippen LogP contribution in [0.2, 0.25) is 0 Å². The number of hydrogen-bond acceptors (Lipinski definition) is 3. The molecule has 1 atom stereocenters. The first kappa shape index (κ1) is 14.8. The van der Waals surface area contributed by atoms with Gasteiger partial charge < -0.3 is 15.2 Å². The summed E-state index contributed by atoms with van der Waals surface area (Å²) < 4.78 is 18.5. The average Bonchev–Trinajstić information content (AvgIpc) is 3.18. The second kappa shape index (κ2) is 6.21. The van der Waals surface area contributed by atoms with Crippen LogP contribution in [0.3, 0.4) is 0 Å². The maximum absolute atomic E-state index is 12.9. The Morgan fingerprint density at radius 3 is 2.75 bits per heavy atom. The Morgan fingerprint density at radius 1 is 1.50 bits per heavy atom. The molecule has 20 heavy (non-hydrogen) atoms. The lowest BCUT2D eigenvalue weighted by molar-refractivity contribution is -0.142. The summed E-state index contributed by atoms with van der Waals surface area (Å²) in [6.45, 7) is -0.319. The highest BCUT2D eigenvalue weighted by atomic mass is 79.9. The third-order valence-electron chi connectivity index (χ3n) is 2.93. The summed E-state index contributed by atoms with van der Waals surface area (Å²) in [5.41, 5.74) is 0. The zero-order chi connectivity index (χ0) is 14.7. The van der Waals surface area contributed by atoms with Crippen molar-refractivity contribution in [3.8, 4) is 5.75 Å². The van der Waals surface area contributed by atoms with Gasteiger partial charge in [-0.25, -0.2) is 9.18 Å². The van der Waals surface area contributed by atoms with E-state index in [1.807, 2.05) is 0 Å². The van der Waals surface area contributed by atoms with Crippen LogP contribution in [0.4, 0.5) is 4.39 Å². The first-order valence-corrected chi connectivity index (χ1v) is 6.86. The van der Waals surface area contributed by atoms with Crippen molar-refractivity contribution in [2.45, 2.75) is 18.9 Å². The van der Waals surface area contributed by atoms with Crippen molar-refractivity contribution in [3.63, 3.8) is 0 Å². The van der Waals surface area contributed by atoms with Crippen molar-refractivity contribution in [1.29, 1.82) is 0 Å². The first-order valence-electron chi connectivity index (χ1n) is 6.07. The van der Waals surface area contributed by atoms with Crippen molar-refractivity contribution in [2.24, 2.45) is 5.92 Å². The summed E-state index contributed by atoms with van der Waals surface area (Å²) >= 11 is 3.11. The van der Waals surface area contributed by atoms with Gasteiger partial charge in [-0.1, -0.05) is 0 Å². The van der Waals surface area contributed by atoms with Gasteiger partial charge in [0, 0.05) is 0 Å². The molecular weight excluding hydrogens is 333 g/mol. The summed E-state index contributed by atoms with van der Waals surface area (Å²) in [7, 11) is 0. The Balaban J connectivity index is 1.86. The van der Waals surface area contributed by atoms with Gasteiger partial charge in [0.05, 0.1) is 4.47 Å². The van der Waals surface area contributed by atoms with E-state index in [0.29, 0.717) is 10.2 Å². The molecule has 1 unspecified atom stereocenters. The van der Waals surface area contributed by atoms with Crippen molar-refractivity contribution < 1.29 is 23.8 Å². The Morgan fingerprint density at radius 2 is 2.20 bits per heavy atom. The number of benzene rings is 1. The molecular formula is C13H13BrFNO4. The molecule has 0 aromatic heterocycles. The molecule has 0 saturated heterocycles. The fraction of sp³-hybridized carbons (Fsp3) is 0.385. The van der Waals surface area contributed by atoms with Crippen molar-refractivity contribution in [1.82, 2.24) is 5.32 Å². The number of hydrogen-bond donors (Lipinski definition) is 2. The summed E-state index contributed by atoms with van der Waals surface area (Å²) in [5.74, 6) is -1.65. The molecule has 1 amide bonds. The van der Waals surface area contributed by atoms with E-state index in [0.717, 1.165) is 12.8 Å². The zero-order valence-electron chi connectivity index (χ0n) is 10.4. The number of ether oxygens (including phenoxy) is 1. The molecule has 1 fully saturated rings. The highest BCUT2D eigenvalue weighted by Crippen LogP contribution is 2.32. The SMILES string of the molecule is O=C(COc1ccc(F)cc1Br)NC(C(=O)O)C1CC1. The van der Waals surface area contributed by atoms with E-state index >= 15 is 0 Å². The van der Waals surface area contributed by atoms with E-state index < -0.39 is 23.7 Å². The van der Waals surface area contributed by atoms with Gasteiger partial charge in [0.15, 0.2) is 6.61 Å². The van der Waals surface area contributed by atoms with E-state index in [1.165, 1.54) is 18.2 Å². The molecule has 1 aromatic carbocycles. The van der Waals surface area contributed by atoms with Crippen LogP contribution in [-0.2, 0) is 9.59 Å². The van der Waals surface area contributed by atoms with E-state index in [4.69, 9.17) is 9.84 Å². The molecule has 0 spiro atoms. The molecule has 2 rings (SSSR count). The molecule has 1 aliphatic carbocycles. The fourth-order valence-corrected chi connectivity index (χ4v) is 2.23. The average molecular weight is 346 g/mol.